The van der Waals surface area contributed by atoms with Gasteiger partial charge in [0, 0.05) is 0 Å². The predicted octanol–water partition coefficient (Wildman–Crippen LogP) is 2.45. The molecule has 0 aromatic rings. The molecule has 1 rings (SSSR count). The van der Waals surface area contributed by atoms with E-state index in [9.17, 15) is 4.79 Å². The summed E-state index contributed by atoms with van der Waals surface area (Å²) in [4.78, 5) is 15.4. The molecule has 0 aromatic heterocycles. The molecule has 1 N–H and O–H groups in total. The number of piperidine rings is 1. The van der Waals surface area contributed by atoms with Gasteiger partial charge in [-0.05, 0) is 47.0 Å². The number of nitrogens with zero attached hydrogens (tertiary/aromatic N) is 1. The van der Waals surface area contributed by atoms with Gasteiger partial charge in [-0.3, -0.25) is 0 Å². The third-order valence-electron chi connectivity index (χ3n) is 2.56. The molecule has 0 aromatic carbocycles. The van der Waals surface area contributed by atoms with Crippen LogP contribution < -0.4 is 0 Å². The Morgan fingerprint density at radius 3 is 2.07 bits per heavy atom. The quantitative estimate of drug-likeness (QED) is 0.706. The van der Waals surface area contributed by atoms with Gasteiger partial charge in [-0.2, -0.15) is 0 Å². The molecule has 1 heterocycles. The van der Waals surface area contributed by atoms with Crippen molar-refractivity contribution in [1.82, 2.24) is 5.06 Å². The van der Waals surface area contributed by atoms with Crippen LogP contribution >= 0.6 is 0 Å². The number of carboxylic acid groups (broad SMARTS) is 1. The lowest BCUT2D eigenvalue weighted by molar-refractivity contribution is -0.241. The minimum atomic E-state index is -1.24. The van der Waals surface area contributed by atoms with Crippen LogP contribution in [0.2, 0.25) is 0 Å². The van der Waals surface area contributed by atoms with E-state index in [-0.39, 0.29) is 11.1 Å². The lowest BCUT2D eigenvalue weighted by Crippen LogP contribution is -2.58. The van der Waals surface area contributed by atoms with Gasteiger partial charge in [0.2, 0.25) is 0 Å². The molecule has 1 fully saturated rings. The number of hydroxylamine groups is 2. The van der Waals surface area contributed by atoms with Crippen LogP contribution in [-0.2, 0) is 4.84 Å². The van der Waals surface area contributed by atoms with Crippen molar-refractivity contribution in [2.24, 2.45) is 0 Å². The van der Waals surface area contributed by atoms with Crippen molar-refractivity contribution in [1.29, 1.82) is 0 Å². The minimum absolute atomic E-state index is 0.264. The molecular formula is C10H18NO3. The summed E-state index contributed by atoms with van der Waals surface area (Å²) in [6.45, 7) is 7.92. The van der Waals surface area contributed by atoms with Gasteiger partial charge in [0.05, 0.1) is 11.1 Å². The van der Waals surface area contributed by atoms with Crippen LogP contribution in [0.1, 0.15) is 40.5 Å². The summed E-state index contributed by atoms with van der Waals surface area (Å²) in [5, 5.41) is 10.2. The molecule has 0 aliphatic carbocycles. The standard InChI is InChI=1S/C10H18NO3/c1-9(2)6-5-7-10(3,4)11(9)14-8(12)13/h5H,6-7H2,1-4H3,(H,12,13). The van der Waals surface area contributed by atoms with E-state index in [0.29, 0.717) is 0 Å². The van der Waals surface area contributed by atoms with Crippen molar-refractivity contribution in [3.05, 3.63) is 6.42 Å². The van der Waals surface area contributed by atoms with E-state index in [4.69, 9.17) is 9.94 Å². The largest absolute Gasteiger partial charge is 0.525 e. The Morgan fingerprint density at radius 2 is 1.71 bits per heavy atom. The zero-order valence-electron chi connectivity index (χ0n) is 9.20. The fraction of sp³-hybridized carbons (Fsp3) is 0.800. The van der Waals surface area contributed by atoms with E-state index in [2.05, 4.69) is 6.42 Å². The van der Waals surface area contributed by atoms with Gasteiger partial charge in [-0.1, -0.05) is 0 Å². The Balaban J connectivity index is 2.85. The monoisotopic (exact) mass is 200 g/mol. The maximum absolute atomic E-state index is 10.6. The van der Waals surface area contributed by atoms with Crippen LogP contribution in [0.4, 0.5) is 4.79 Å². The predicted molar refractivity (Wildman–Crippen MR) is 52.6 cm³/mol. The Kier molecular flexibility index (Phi) is 2.76. The maximum Gasteiger partial charge on any atom is 0.525 e. The first-order valence-electron chi connectivity index (χ1n) is 4.79. The Labute approximate surface area is 84.8 Å². The van der Waals surface area contributed by atoms with Crippen molar-refractivity contribution in [3.8, 4) is 0 Å². The molecule has 0 atom stereocenters. The maximum atomic E-state index is 10.6. The summed E-state index contributed by atoms with van der Waals surface area (Å²) in [6.07, 6.45) is 2.61. The van der Waals surface area contributed by atoms with Crippen LogP contribution in [0.25, 0.3) is 0 Å². The Morgan fingerprint density at radius 1 is 1.29 bits per heavy atom. The molecule has 1 aliphatic rings. The molecule has 1 saturated heterocycles. The zero-order chi connectivity index (χ0) is 11.0. The number of hydrogen-bond acceptors (Lipinski definition) is 3. The van der Waals surface area contributed by atoms with Gasteiger partial charge in [-0.25, -0.2) is 4.79 Å². The number of carbonyl (C=O) groups is 1. The van der Waals surface area contributed by atoms with Crippen LogP contribution in [0.15, 0.2) is 0 Å². The molecule has 0 saturated carbocycles. The fourth-order valence-corrected chi connectivity index (χ4v) is 2.09. The first kappa shape index (κ1) is 11.3. The first-order valence-corrected chi connectivity index (χ1v) is 4.79. The van der Waals surface area contributed by atoms with Crippen LogP contribution in [0.3, 0.4) is 0 Å². The SMILES string of the molecule is CC1(C)C[CH]CC(C)(C)N1OC(=O)O. The summed E-state index contributed by atoms with van der Waals surface area (Å²) in [7, 11) is 0. The summed E-state index contributed by atoms with van der Waals surface area (Å²) in [5.41, 5.74) is -0.528. The van der Waals surface area contributed by atoms with Gasteiger partial charge in [0.25, 0.3) is 0 Å². The lowest BCUT2D eigenvalue weighted by atomic mass is 9.82. The highest BCUT2D eigenvalue weighted by atomic mass is 16.8. The fourth-order valence-electron chi connectivity index (χ4n) is 2.09. The van der Waals surface area contributed by atoms with Crippen molar-refractivity contribution >= 4 is 6.16 Å². The van der Waals surface area contributed by atoms with Gasteiger partial charge in [-0.15, -0.1) is 5.06 Å². The van der Waals surface area contributed by atoms with Gasteiger partial charge in [0.15, 0.2) is 0 Å². The van der Waals surface area contributed by atoms with E-state index >= 15 is 0 Å². The van der Waals surface area contributed by atoms with Gasteiger partial charge in [0.1, 0.15) is 0 Å². The third-order valence-corrected chi connectivity index (χ3v) is 2.56. The van der Waals surface area contributed by atoms with Crippen molar-refractivity contribution in [2.75, 3.05) is 0 Å². The first-order chi connectivity index (χ1) is 6.26. The molecule has 0 bridgehead atoms. The van der Waals surface area contributed by atoms with Crippen molar-refractivity contribution < 1.29 is 14.7 Å². The molecule has 0 spiro atoms. The molecule has 0 unspecified atom stereocenters. The average molecular weight is 200 g/mol. The minimum Gasteiger partial charge on any atom is -0.448 e. The Hall–Kier alpha value is -0.770. The van der Waals surface area contributed by atoms with Crippen LogP contribution in [-0.4, -0.2) is 27.4 Å². The molecule has 0 amide bonds. The second-order valence-electron chi connectivity index (χ2n) is 4.97. The van der Waals surface area contributed by atoms with Gasteiger partial charge < -0.3 is 9.94 Å². The normalized spacial score (nSPS) is 25.7. The molecular weight excluding hydrogens is 182 g/mol. The van der Waals surface area contributed by atoms with Crippen LogP contribution in [0, 0.1) is 6.42 Å². The molecule has 4 heteroatoms. The summed E-state index contributed by atoms with van der Waals surface area (Å²) in [5.74, 6) is 0. The highest BCUT2D eigenvalue weighted by Gasteiger charge is 2.44. The molecule has 4 nitrogen and oxygen atoms in total. The topological polar surface area (TPSA) is 49.8 Å². The Bertz CT molecular complexity index is 220. The van der Waals surface area contributed by atoms with Gasteiger partial charge >= 0.3 is 6.16 Å². The molecule has 1 radical (unpaired) electrons. The highest BCUT2D eigenvalue weighted by molar-refractivity contribution is 5.56. The van der Waals surface area contributed by atoms with Crippen LogP contribution in [0.5, 0.6) is 0 Å². The second-order valence-corrected chi connectivity index (χ2v) is 4.97. The third kappa shape index (κ3) is 2.18. The van der Waals surface area contributed by atoms with E-state index in [0.717, 1.165) is 12.8 Å². The summed E-state index contributed by atoms with van der Waals surface area (Å²) < 4.78 is 0. The smallest absolute Gasteiger partial charge is 0.448 e. The molecule has 14 heavy (non-hydrogen) atoms. The van der Waals surface area contributed by atoms with Crippen molar-refractivity contribution in [3.63, 3.8) is 0 Å². The highest BCUT2D eigenvalue weighted by Crippen LogP contribution is 2.37. The molecule has 1 aliphatic heterocycles. The lowest BCUT2D eigenvalue weighted by Gasteiger charge is -2.49. The van der Waals surface area contributed by atoms with Crippen molar-refractivity contribution in [2.45, 2.75) is 51.6 Å². The summed E-state index contributed by atoms with van der Waals surface area (Å²) >= 11 is 0. The molecule has 81 valence electrons. The average Bonchev–Trinajstić information content (AvgIpc) is 1.96. The number of rotatable bonds is 1. The summed E-state index contributed by atoms with van der Waals surface area (Å²) in [6, 6.07) is 0. The van der Waals surface area contributed by atoms with E-state index < -0.39 is 6.16 Å². The second kappa shape index (κ2) is 3.42. The van der Waals surface area contributed by atoms with E-state index in [1.807, 2.05) is 27.7 Å². The van der Waals surface area contributed by atoms with E-state index in [1.54, 1.807) is 5.06 Å². The zero-order valence-corrected chi connectivity index (χ0v) is 9.20. The van der Waals surface area contributed by atoms with E-state index in [1.165, 1.54) is 0 Å². The number of hydrogen-bond donors (Lipinski definition) is 1.